The van der Waals surface area contributed by atoms with E-state index in [4.69, 9.17) is 25.8 Å². The van der Waals surface area contributed by atoms with E-state index >= 15 is 0 Å². The minimum absolute atomic E-state index is 0.0917. The van der Waals surface area contributed by atoms with Gasteiger partial charge in [-0.05, 0) is 48.7 Å². The van der Waals surface area contributed by atoms with Gasteiger partial charge in [-0.15, -0.1) is 0 Å². The number of amides is 1. The molecule has 27 heavy (non-hydrogen) atoms. The number of carbonyl (C=O) groups excluding carboxylic acids is 1. The molecule has 1 fully saturated rings. The van der Waals surface area contributed by atoms with Crippen molar-refractivity contribution < 1.29 is 23.4 Å². The Bertz CT molecular complexity index is 809. The fourth-order valence-electron chi connectivity index (χ4n) is 2.85. The van der Waals surface area contributed by atoms with Crippen LogP contribution in [0.4, 0.5) is 4.39 Å². The predicted molar refractivity (Wildman–Crippen MR) is 100 cm³/mol. The number of halogens is 2. The summed E-state index contributed by atoms with van der Waals surface area (Å²) >= 11 is 5.83. The first-order chi connectivity index (χ1) is 13.1. The van der Waals surface area contributed by atoms with E-state index in [-0.39, 0.29) is 18.2 Å². The van der Waals surface area contributed by atoms with Crippen molar-refractivity contribution in [3.8, 4) is 11.5 Å². The van der Waals surface area contributed by atoms with Gasteiger partial charge in [0.2, 0.25) is 0 Å². The smallest absolute Gasteiger partial charge is 0.254 e. The molecule has 0 aromatic heterocycles. The maximum atomic E-state index is 13.8. The molecule has 1 aliphatic heterocycles. The van der Waals surface area contributed by atoms with Gasteiger partial charge < -0.3 is 19.5 Å². The number of hydrogen-bond donors (Lipinski definition) is 1. The van der Waals surface area contributed by atoms with Crippen LogP contribution >= 0.6 is 11.6 Å². The molecule has 144 valence electrons. The highest BCUT2D eigenvalue weighted by Crippen LogP contribution is 2.29. The number of carbonyl (C=O) groups is 1. The van der Waals surface area contributed by atoms with Crippen molar-refractivity contribution >= 4 is 17.5 Å². The Labute approximate surface area is 162 Å². The zero-order valence-corrected chi connectivity index (χ0v) is 15.7. The number of methoxy groups -OCH3 is 1. The molecule has 1 amide bonds. The zero-order chi connectivity index (χ0) is 19.2. The molecule has 0 bridgehead atoms. The van der Waals surface area contributed by atoms with Crippen LogP contribution < -0.4 is 14.8 Å². The van der Waals surface area contributed by atoms with Crippen molar-refractivity contribution in [3.05, 3.63) is 58.4 Å². The summed E-state index contributed by atoms with van der Waals surface area (Å²) in [5, 5.41) is 2.98. The summed E-state index contributed by atoms with van der Waals surface area (Å²) < 4.78 is 30.5. The van der Waals surface area contributed by atoms with Crippen LogP contribution in [0.15, 0.2) is 36.4 Å². The quantitative estimate of drug-likeness (QED) is 0.773. The van der Waals surface area contributed by atoms with Crippen LogP contribution in [0.2, 0.25) is 5.02 Å². The minimum Gasteiger partial charge on any atom is -0.493 e. The molecule has 5 nitrogen and oxygen atoms in total. The Kier molecular flexibility index (Phi) is 6.53. The Balaban J connectivity index is 1.61. The van der Waals surface area contributed by atoms with Gasteiger partial charge in [0.15, 0.2) is 11.5 Å². The van der Waals surface area contributed by atoms with Crippen molar-refractivity contribution in [1.82, 2.24) is 5.32 Å². The standard InChI is InChI=1S/C20H21ClFNO4/c1-25-19-9-13(4-7-18(19)27-12-15-3-2-8-26-15)11-23-20(24)16-10-14(21)5-6-17(16)22/h4-7,9-10,15H,2-3,8,11-12H2,1H3,(H,23,24)/t15-/m0/s1. The molecule has 0 saturated carbocycles. The zero-order valence-electron chi connectivity index (χ0n) is 15.0. The number of nitrogens with one attached hydrogen (secondary N) is 1. The fraction of sp³-hybridized carbons (Fsp3) is 0.350. The predicted octanol–water partition coefficient (Wildman–Crippen LogP) is 3.98. The second-order valence-corrected chi connectivity index (χ2v) is 6.67. The third kappa shape index (κ3) is 5.11. The van der Waals surface area contributed by atoms with Crippen LogP contribution in [0, 0.1) is 5.82 Å². The summed E-state index contributed by atoms with van der Waals surface area (Å²) in [5.74, 6) is 0.0256. The molecule has 1 N–H and O–H groups in total. The molecule has 2 aromatic carbocycles. The van der Waals surface area contributed by atoms with Crippen molar-refractivity contribution in [3.63, 3.8) is 0 Å². The lowest BCUT2D eigenvalue weighted by molar-refractivity contribution is 0.0669. The average molecular weight is 394 g/mol. The fourth-order valence-corrected chi connectivity index (χ4v) is 3.02. The molecule has 1 heterocycles. The summed E-state index contributed by atoms with van der Waals surface area (Å²) in [6.45, 7) is 1.46. The van der Waals surface area contributed by atoms with Crippen LogP contribution in [-0.4, -0.2) is 32.3 Å². The molecular formula is C20H21ClFNO4. The lowest BCUT2D eigenvalue weighted by Gasteiger charge is -2.15. The van der Waals surface area contributed by atoms with E-state index in [1.807, 2.05) is 6.07 Å². The molecule has 0 radical (unpaired) electrons. The highest BCUT2D eigenvalue weighted by atomic mass is 35.5. The molecular weight excluding hydrogens is 373 g/mol. The van der Waals surface area contributed by atoms with Gasteiger partial charge in [0.25, 0.3) is 5.91 Å². The van der Waals surface area contributed by atoms with E-state index in [1.165, 1.54) is 18.2 Å². The van der Waals surface area contributed by atoms with Gasteiger partial charge in [0, 0.05) is 18.2 Å². The molecule has 0 spiro atoms. The third-order valence-corrected chi connectivity index (χ3v) is 4.54. The highest BCUT2D eigenvalue weighted by molar-refractivity contribution is 6.31. The SMILES string of the molecule is COc1cc(CNC(=O)c2cc(Cl)ccc2F)ccc1OC[C@@H]1CCCO1. The average Bonchev–Trinajstić information content (AvgIpc) is 3.20. The Morgan fingerprint density at radius 3 is 2.89 bits per heavy atom. The van der Waals surface area contributed by atoms with E-state index in [9.17, 15) is 9.18 Å². The molecule has 0 aliphatic carbocycles. The summed E-state index contributed by atoms with van der Waals surface area (Å²) in [6.07, 6.45) is 2.16. The van der Waals surface area contributed by atoms with Gasteiger partial charge in [-0.25, -0.2) is 4.39 Å². The van der Waals surface area contributed by atoms with E-state index in [2.05, 4.69) is 5.32 Å². The Hall–Kier alpha value is -2.31. The van der Waals surface area contributed by atoms with Gasteiger partial charge in [0.1, 0.15) is 12.4 Å². The number of ether oxygens (including phenoxy) is 3. The lowest BCUT2D eigenvalue weighted by Crippen LogP contribution is -2.24. The molecule has 3 rings (SSSR count). The summed E-state index contributed by atoms with van der Waals surface area (Å²) in [6, 6.07) is 9.25. The van der Waals surface area contributed by atoms with Crippen LogP contribution in [0.3, 0.4) is 0 Å². The highest BCUT2D eigenvalue weighted by Gasteiger charge is 2.17. The van der Waals surface area contributed by atoms with E-state index in [1.54, 1.807) is 19.2 Å². The number of benzene rings is 2. The number of hydrogen-bond acceptors (Lipinski definition) is 4. The van der Waals surface area contributed by atoms with Gasteiger partial charge in [-0.3, -0.25) is 4.79 Å². The van der Waals surface area contributed by atoms with E-state index in [0.29, 0.717) is 23.1 Å². The van der Waals surface area contributed by atoms with Gasteiger partial charge >= 0.3 is 0 Å². The molecule has 1 saturated heterocycles. The van der Waals surface area contributed by atoms with Gasteiger partial charge in [-0.2, -0.15) is 0 Å². The summed E-state index contributed by atoms with van der Waals surface area (Å²) in [5.41, 5.74) is 0.707. The maximum Gasteiger partial charge on any atom is 0.254 e. The first-order valence-electron chi connectivity index (χ1n) is 8.71. The van der Waals surface area contributed by atoms with Gasteiger partial charge in [-0.1, -0.05) is 17.7 Å². The van der Waals surface area contributed by atoms with Crippen molar-refractivity contribution in [2.75, 3.05) is 20.3 Å². The second-order valence-electron chi connectivity index (χ2n) is 6.24. The summed E-state index contributed by atoms with van der Waals surface area (Å²) in [7, 11) is 1.55. The van der Waals surface area contributed by atoms with Crippen LogP contribution in [-0.2, 0) is 11.3 Å². The normalized spacial score (nSPS) is 16.2. The molecule has 1 atom stereocenters. The molecule has 7 heteroatoms. The van der Waals surface area contributed by atoms with E-state index in [0.717, 1.165) is 25.0 Å². The lowest BCUT2D eigenvalue weighted by atomic mass is 10.1. The summed E-state index contributed by atoms with van der Waals surface area (Å²) in [4.78, 5) is 12.2. The monoisotopic (exact) mass is 393 g/mol. The first kappa shape index (κ1) is 19.5. The van der Waals surface area contributed by atoms with Crippen molar-refractivity contribution in [1.29, 1.82) is 0 Å². The van der Waals surface area contributed by atoms with Crippen LogP contribution in [0.25, 0.3) is 0 Å². The van der Waals surface area contributed by atoms with Crippen LogP contribution in [0.1, 0.15) is 28.8 Å². The minimum atomic E-state index is -0.618. The van der Waals surface area contributed by atoms with Crippen molar-refractivity contribution in [2.24, 2.45) is 0 Å². The largest absolute Gasteiger partial charge is 0.493 e. The number of rotatable bonds is 7. The van der Waals surface area contributed by atoms with Gasteiger partial charge in [0.05, 0.1) is 18.8 Å². The molecule has 2 aromatic rings. The second kappa shape index (κ2) is 9.06. The maximum absolute atomic E-state index is 13.8. The van der Waals surface area contributed by atoms with Crippen molar-refractivity contribution in [2.45, 2.75) is 25.5 Å². The van der Waals surface area contributed by atoms with Crippen LogP contribution in [0.5, 0.6) is 11.5 Å². The Morgan fingerprint density at radius 2 is 2.15 bits per heavy atom. The van der Waals surface area contributed by atoms with E-state index < -0.39 is 11.7 Å². The molecule has 1 aliphatic rings. The topological polar surface area (TPSA) is 56.8 Å². The Morgan fingerprint density at radius 1 is 1.30 bits per heavy atom. The third-order valence-electron chi connectivity index (χ3n) is 4.30. The molecule has 0 unspecified atom stereocenters. The first-order valence-corrected chi connectivity index (χ1v) is 9.09.